The highest BCUT2D eigenvalue weighted by atomic mass is 19.4. The number of amides is 1. The van der Waals surface area contributed by atoms with Gasteiger partial charge >= 0.3 is 25.1 Å². The molecule has 37 heavy (non-hydrogen) atoms. The van der Waals surface area contributed by atoms with E-state index >= 15 is 0 Å². The quantitative estimate of drug-likeness (QED) is 0.610. The van der Waals surface area contributed by atoms with Crippen LogP contribution in [0.15, 0.2) is 22.7 Å². The van der Waals surface area contributed by atoms with Crippen LogP contribution in [0.25, 0.3) is 0 Å². The highest BCUT2D eigenvalue weighted by molar-refractivity contribution is 6.62. The van der Waals surface area contributed by atoms with Crippen LogP contribution in [0.1, 0.15) is 88.6 Å². The van der Waals surface area contributed by atoms with Crippen molar-refractivity contribution in [2.45, 2.75) is 90.3 Å². The summed E-state index contributed by atoms with van der Waals surface area (Å²) in [6.07, 6.45) is -4.06. The van der Waals surface area contributed by atoms with Crippen LogP contribution in [0.4, 0.5) is 13.2 Å². The Morgan fingerprint density at radius 3 is 2.38 bits per heavy atom. The van der Waals surface area contributed by atoms with Gasteiger partial charge in [0.05, 0.1) is 23.8 Å². The molecule has 202 valence electrons. The lowest BCUT2D eigenvalue weighted by Gasteiger charge is -2.32. The monoisotopic (exact) mass is 522 g/mol. The van der Waals surface area contributed by atoms with E-state index in [9.17, 15) is 18.0 Å². The summed E-state index contributed by atoms with van der Waals surface area (Å²) in [5.74, 6) is -0.364. The van der Waals surface area contributed by atoms with Gasteiger partial charge in [-0.05, 0) is 50.7 Å². The average Bonchev–Trinajstić information content (AvgIpc) is 3.28. The number of hydrogen-bond acceptors (Lipinski definition) is 7. The third-order valence-electron chi connectivity index (χ3n) is 7.20. The molecule has 0 aliphatic carbocycles. The predicted octanol–water partition coefficient (Wildman–Crippen LogP) is 3.91. The van der Waals surface area contributed by atoms with Gasteiger partial charge in [-0.3, -0.25) is 9.69 Å². The lowest BCUT2D eigenvalue weighted by Crippen LogP contribution is -2.41. The van der Waals surface area contributed by atoms with Crippen LogP contribution < -0.4 is 10.8 Å². The molecule has 8 nitrogen and oxygen atoms in total. The number of aromatic nitrogens is 2. The molecule has 3 heterocycles. The van der Waals surface area contributed by atoms with E-state index in [1.54, 1.807) is 0 Å². The zero-order chi connectivity index (χ0) is 27.4. The van der Waals surface area contributed by atoms with Crippen LogP contribution >= 0.6 is 0 Å². The van der Waals surface area contributed by atoms with E-state index in [1.165, 1.54) is 4.90 Å². The number of alkyl halides is 3. The van der Waals surface area contributed by atoms with Crippen molar-refractivity contribution in [1.29, 1.82) is 0 Å². The van der Waals surface area contributed by atoms with Crippen LogP contribution in [-0.2, 0) is 21.3 Å². The van der Waals surface area contributed by atoms with E-state index in [0.717, 1.165) is 5.56 Å². The Balaban J connectivity index is 1.62. The van der Waals surface area contributed by atoms with Gasteiger partial charge < -0.3 is 19.1 Å². The first kappa shape index (κ1) is 27.6. The van der Waals surface area contributed by atoms with Gasteiger partial charge in [-0.15, -0.1) is 0 Å². The van der Waals surface area contributed by atoms with Crippen molar-refractivity contribution in [3.05, 3.63) is 41.0 Å². The topological polar surface area (TPSA) is 89.7 Å². The van der Waals surface area contributed by atoms with Crippen molar-refractivity contribution in [2.75, 3.05) is 13.1 Å². The van der Waals surface area contributed by atoms with Crippen molar-refractivity contribution in [3.8, 4) is 0 Å². The Bertz CT molecular complexity index is 1140. The van der Waals surface area contributed by atoms with Gasteiger partial charge in [-0.25, -0.2) is 0 Å². The summed E-state index contributed by atoms with van der Waals surface area (Å²) in [5, 5.41) is 6.78. The summed E-state index contributed by atoms with van der Waals surface area (Å²) in [4.78, 5) is 18.5. The summed E-state index contributed by atoms with van der Waals surface area (Å²) >= 11 is 0. The number of carbonyl (C=O) groups excluding carboxylic acids is 1. The molecular weight excluding hydrogens is 488 g/mol. The molecule has 0 spiro atoms. The maximum absolute atomic E-state index is 13.3. The van der Waals surface area contributed by atoms with E-state index in [0.29, 0.717) is 16.9 Å². The summed E-state index contributed by atoms with van der Waals surface area (Å²) in [7, 11) is -0.656. The summed E-state index contributed by atoms with van der Waals surface area (Å²) in [6, 6.07) is 4.93. The van der Waals surface area contributed by atoms with Crippen LogP contribution in [0.5, 0.6) is 0 Å². The zero-order valence-corrected chi connectivity index (χ0v) is 22.3. The molecule has 1 aromatic heterocycles. The van der Waals surface area contributed by atoms with Crippen LogP contribution in [-0.4, -0.2) is 58.5 Å². The zero-order valence-electron chi connectivity index (χ0n) is 22.3. The van der Waals surface area contributed by atoms with Crippen molar-refractivity contribution in [1.82, 2.24) is 20.4 Å². The van der Waals surface area contributed by atoms with E-state index in [-0.39, 0.29) is 25.4 Å². The third-order valence-corrected chi connectivity index (χ3v) is 7.20. The Morgan fingerprint density at radius 1 is 1.16 bits per heavy atom. The molecule has 12 heteroatoms. The molecule has 1 fully saturated rings. The van der Waals surface area contributed by atoms with Gasteiger partial charge in [-0.2, -0.15) is 18.2 Å². The van der Waals surface area contributed by atoms with Gasteiger partial charge in [0.25, 0.3) is 0 Å². The molecule has 1 unspecified atom stereocenters. The number of fused-ring (bicyclic) bond motifs is 1. The lowest BCUT2D eigenvalue weighted by molar-refractivity contribution is -0.147. The minimum atomic E-state index is -4.35. The van der Waals surface area contributed by atoms with E-state index < -0.39 is 48.4 Å². The van der Waals surface area contributed by atoms with Gasteiger partial charge in [0.15, 0.2) is 5.82 Å². The second-order valence-corrected chi connectivity index (χ2v) is 11.9. The Kier molecular flexibility index (Phi) is 7.00. The highest BCUT2D eigenvalue weighted by Gasteiger charge is 2.52. The molecule has 1 N–H and O–H groups in total. The molecule has 0 radical (unpaired) electrons. The molecule has 1 aromatic carbocycles. The minimum absolute atomic E-state index is 0.0727. The van der Waals surface area contributed by atoms with Crippen molar-refractivity contribution >= 4 is 18.5 Å². The summed E-state index contributed by atoms with van der Waals surface area (Å²) in [6.45, 7) is 12.6. The number of rotatable bonds is 4. The predicted molar refractivity (Wildman–Crippen MR) is 131 cm³/mol. The van der Waals surface area contributed by atoms with Crippen LogP contribution in [0.3, 0.4) is 0 Å². The van der Waals surface area contributed by atoms with E-state index in [4.69, 9.17) is 13.8 Å². The van der Waals surface area contributed by atoms with E-state index in [2.05, 4.69) is 15.5 Å². The maximum Gasteiger partial charge on any atom is 0.494 e. The minimum Gasteiger partial charge on any atom is -0.399 e. The fourth-order valence-corrected chi connectivity index (χ4v) is 4.39. The standard InChI is InChI=1S/C25H34BF3N4O4/c1-22(2,3)21-31-20(35-32-21)19(34)30-18-10-11-33(14-25(27,28)29)13-15-12-16(8-9-17(15)18)26-36-23(4,5)24(6,7)37-26/h8-9,12,18H,10-11,13-14H2,1-7H3,(H,30,34). The van der Waals surface area contributed by atoms with Gasteiger partial charge in [0, 0.05) is 18.5 Å². The van der Waals surface area contributed by atoms with Gasteiger partial charge in [0.1, 0.15) is 0 Å². The fourth-order valence-electron chi connectivity index (χ4n) is 4.39. The Morgan fingerprint density at radius 2 is 1.81 bits per heavy atom. The average molecular weight is 522 g/mol. The Labute approximate surface area is 215 Å². The molecule has 0 bridgehead atoms. The molecule has 2 aliphatic heterocycles. The number of benzene rings is 1. The van der Waals surface area contributed by atoms with Crippen molar-refractivity contribution in [2.24, 2.45) is 0 Å². The van der Waals surface area contributed by atoms with Crippen molar-refractivity contribution < 1.29 is 31.8 Å². The number of nitrogens with one attached hydrogen (secondary N) is 1. The lowest BCUT2D eigenvalue weighted by atomic mass is 9.77. The second-order valence-electron chi connectivity index (χ2n) is 11.9. The van der Waals surface area contributed by atoms with Gasteiger partial charge in [-0.1, -0.05) is 44.1 Å². The molecule has 1 atom stereocenters. The molecule has 2 aromatic rings. The number of halogens is 3. The first-order valence-electron chi connectivity index (χ1n) is 12.4. The highest BCUT2D eigenvalue weighted by Crippen LogP contribution is 2.37. The number of hydrogen-bond donors (Lipinski definition) is 1. The fraction of sp³-hybridized carbons (Fsp3) is 0.640. The Hall–Kier alpha value is -2.44. The normalized spacial score (nSPS) is 22.0. The van der Waals surface area contributed by atoms with Gasteiger partial charge in [0.2, 0.25) is 0 Å². The molecule has 4 rings (SSSR count). The second kappa shape index (κ2) is 9.39. The number of nitrogens with zero attached hydrogens (tertiary/aromatic N) is 3. The van der Waals surface area contributed by atoms with Crippen LogP contribution in [0, 0.1) is 0 Å². The molecule has 2 aliphatic rings. The summed E-state index contributed by atoms with van der Waals surface area (Å²) < 4.78 is 57.3. The smallest absolute Gasteiger partial charge is 0.399 e. The van der Waals surface area contributed by atoms with Crippen molar-refractivity contribution in [3.63, 3.8) is 0 Å². The maximum atomic E-state index is 13.3. The summed E-state index contributed by atoms with van der Waals surface area (Å²) in [5.41, 5.74) is 0.592. The SMILES string of the molecule is CC(C)(C)c1noc(C(=O)NC2CCN(CC(F)(F)F)Cc3cc(B4OC(C)(C)C(C)(C)O4)ccc32)n1. The molecule has 0 saturated carbocycles. The van der Waals surface area contributed by atoms with Crippen LogP contribution in [0.2, 0.25) is 0 Å². The first-order valence-corrected chi connectivity index (χ1v) is 12.4. The first-order chi connectivity index (χ1) is 17.0. The third kappa shape index (κ3) is 6.01. The largest absolute Gasteiger partial charge is 0.494 e. The number of carbonyl (C=O) groups is 1. The molecule has 1 saturated heterocycles. The molecule has 1 amide bonds. The molecular formula is C25H34BF3N4O4. The van der Waals surface area contributed by atoms with E-state index in [1.807, 2.05) is 66.7 Å².